The molecule has 0 bridgehead atoms. The first-order valence-corrected chi connectivity index (χ1v) is 16.7. The number of rotatable bonds is 9. The molecule has 1 aromatic heterocycles. The van der Waals surface area contributed by atoms with Crippen molar-refractivity contribution in [1.82, 2.24) is 30.5 Å². The molecule has 0 saturated carbocycles. The Balaban J connectivity index is 1.59. The fourth-order valence-electron chi connectivity index (χ4n) is 5.43. The zero-order chi connectivity index (χ0) is 32.6. The van der Waals surface area contributed by atoms with E-state index in [2.05, 4.69) is 25.7 Å². The minimum absolute atomic E-state index is 0.103. The molecule has 5 aromatic rings. The number of nitrogens with one attached hydrogen (secondary N) is 3. The lowest BCUT2D eigenvalue weighted by Crippen LogP contribution is -2.56. The van der Waals surface area contributed by atoms with Crippen molar-refractivity contribution < 1.29 is 22.8 Å². The maximum atomic E-state index is 14.7. The molecule has 1 aliphatic rings. The number of hydrogen-bond donors (Lipinski definition) is 3. The molecule has 0 spiro atoms. The van der Waals surface area contributed by atoms with Crippen molar-refractivity contribution in [3.8, 4) is 5.75 Å². The van der Waals surface area contributed by atoms with Crippen LogP contribution in [0.15, 0.2) is 89.8 Å². The van der Waals surface area contributed by atoms with Gasteiger partial charge in [-0.05, 0) is 72.8 Å². The van der Waals surface area contributed by atoms with Crippen molar-refractivity contribution in [2.24, 2.45) is 0 Å². The molecular formula is C31H27Cl3N6O5S. The van der Waals surface area contributed by atoms with E-state index in [1.54, 1.807) is 55.5 Å². The van der Waals surface area contributed by atoms with Gasteiger partial charge in [-0.25, -0.2) is 17.9 Å². The number of fused-ring (bicyclic) bond motifs is 1. The molecule has 15 heteroatoms. The number of ether oxygens (including phenoxy) is 1. The van der Waals surface area contributed by atoms with Gasteiger partial charge in [0.2, 0.25) is 15.7 Å². The first kappa shape index (κ1) is 32.2. The van der Waals surface area contributed by atoms with Gasteiger partial charge in [-0.15, -0.1) is 5.10 Å². The second kappa shape index (κ2) is 12.8. The Morgan fingerprint density at radius 3 is 2.09 bits per heavy atom. The van der Waals surface area contributed by atoms with Crippen molar-refractivity contribution in [3.63, 3.8) is 0 Å². The molecule has 4 aromatic carbocycles. The fourth-order valence-corrected chi connectivity index (χ4v) is 6.95. The molecular weight excluding hydrogens is 675 g/mol. The molecule has 1 saturated heterocycles. The summed E-state index contributed by atoms with van der Waals surface area (Å²) >= 11 is 18.9. The number of carbonyl (C=O) groups excluding carboxylic acids is 1. The highest BCUT2D eigenvalue weighted by Crippen LogP contribution is 2.45. The van der Waals surface area contributed by atoms with Crippen molar-refractivity contribution >= 4 is 61.8 Å². The predicted octanol–water partition coefficient (Wildman–Crippen LogP) is 5.18. The van der Waals surface area contributed by atoms with Crippen molar-refractivity contribution in [2.75, 3.05) is 13.7 Å². The van der Waals surface area contributed by atoms with E-state index in [1.165, 1.54) is 19.2 Å². The molecule has 1 unspecified atom stereocenters. The Bertz CT molecular complexity index is 1970. The van der Waals surface area contributed by atoms with E-state index < -0.39 is 33.7 Å². The average Bonchev–Trinajstić information content (AvgIpc) is 3.65. The third-order valence-electron chi connectivity index (χ3n) is 7.63. The Hall–Kier alpha value is -3.75. The number of sulfonamides is 1. The van der Waals surface area contributed by atoms with Crippen LogP contribution < -0.4 is 24.9 Å². The lowest BCUT2D eigenvalue weighted by molar-refractivity contribution is -0.155. The number of carbonyl (C=O) groups is 1. The Morgan fingerprint density at radius 1 is 0.935 bits per heavy atom. The summed E-state index contributed by atoms with van der Waals surface area (Å²) in [6.45, 7) is 1.94. The topological polar surface area (TPSA) is 136 Å². The molecule has 238 valence electrons. The number of nitrogens with zero attached hydrogens (tertiary/aromatic N) is 3. The largest absolute Gasteiger partial charge is 0.493 e. The fraction of sp³-hybridized carbons (Fsp3) is 0.194. The predicted molar refractivity (Wildman–Crippen MR) is 174 cm³/mol. The maximum absolute atomic E-state index is 14.7. The van der Waals surface area contributed by atoms with Crippen molar-refractivity contribution in [1.29, 1.82) is 0 Å². The van der Waals surface area contributed by atoms with E-state index >= 15 is 0 Å². The van der Waals surface area contributed by atoms with Gasteiger partial charge in [0.1, 0.15) is 21.7 Å². The summed E-state index contributed by atoms with van der Waals surface area (Å²) in [5.74, 6) is -0.732. The quantitative estimate of drug-likeness (QED) is 0.178. The van der Waals surface area contributed by atoms with Crippen LogP contribution in [0.25, 0.3) is 11.0 Å². The van der Waals surface area contributed by atoms with Crippen LogP contribution >= 0.6 is 34.8 Å². The van der Waals surface area contributed by atoms with Gasteiger partial charge < -0.3 is 9.57 Å². The van der Waals surface area contributed by atoms with Gasteiger partial charge >= 0.3 is 5.97 Å². The smallest absolute Gasteiger partial charge is 0.374 e. The van der Waals surface area contributed by atoms with Gasteiger partial charge in [-0.3, -0.25) is 10.6 Å². The minimum atomic E-state index is -4.09. The summed E-state index contributed by atoms with van der Waals surface area (Å²) in [7, 11) is -2.82. The van der Waals surface area contributed by atoms with E-state index in [4.69, 9.17) is 44.4 Å². The van der Waals surface area contributed by atoms with E-state index in [9.17, 15) is 13.2 Å². The first-order valence-electron chi connectivity index (χ1n) is 14.1. The van der Waals surface area contributed by atoms with E-state index in [1.807, 2.05) is 24.3 Å². The highest BCUT2D eigenvalue weighted by molar-refractivity contribution is 7.89. The van der Waals surface area contributed by atoms with Gasteiger partial charge in [-0.2, -0.15) is 0 Å². The molecule has 2 heterocycles. The van der Waals surface area contributed by atoms with E-state index in [0.717, 1.165) is 16.0 Å². The van der Waals surface area contributed by atoms with Crippen LogP contribution in [0.2, 0.25) is 15.1 Å². The van der Waals surface area contributed by atoms with Crippen LogP contribution in [-0.2, 0) is 20.5 Å². The van der Waals surface area contributed by atoms with Gasteiger partial charge in [0.15, 0.2) is 0 Å². The van der Waals surface area contributed by atoms with Crippen LogP contribution in [0.1, 0.15) is 35.7 Å². The Morgan fingerprint density at radius 2 is 1.52 bits per heavy atom. The highest BCUT2D eigenvalue weighted by atomic mass is 35.5. The molecule has 46 heavy (non-hydrogen) atoms. The summed E-state index contributed by atoms with van der Waals surface area (Å²) in [5.41, 5.74) is 0.651. The van der Waals surface area contributed by atoms with Gasteiger partial charge in [0.05, 0.1) is 23.7 Å². The number of benzene rings is 4. The SMILES string of the molecule is CCOc1cc(Cl)c(S(=O)(=O)NC)cc1C1(C(=O)On2nnc3ccccc32)N[C@H](c2ccc(Cl)cc2)[C@H](c2ccc(Cl)cc2)N1. The zero-order valence-electron chi connectivity index (χ0n) is 24.4. The van der Waals surface area contributed by atoms with E-state index in [-0.39, 0.29) is 27.8 Å². The third-order valence-corrected chi connectivity index (χ3v) is 10.0. The summed E-state index contributed by atoms with van der Waals surface area (Å²) < 4.78 is 34.5. The lowest BCUT2D eigenvalue weighted by Gasteiger charge is -2.30. The zero-order valence-corrected chi connectivity index (χ0v) is 27.5. The van der Waals surface area contributed by atoms with E-state index in [0.29, 0.717) is 21.1 Å². The number of hydrogen-bond acceptors (Lipinski definition) is 9. The molecule has 3 atom stereocenters. The molecule has 0 aliphatic carbocycles. The standard InChI is InChI=1S/C31H27Cl3N6O5S/c1-3-44-26-17-23(34)27(46(42,43)35-2)16-22(26)31(30(41)45-40-25-7-5-4-6-24(25)38-39-40)36-28(18-8-12-20(32)13-9-18)29(37-31)19-10-14-21(33)15-11-19/h4-17,28-29,35-37H,3H2,1-2H3/t28-,29+,31?. The maximum Gasteiger partial charge on any atom is 0.374 e. The van der Waals surface area contributed by atoms with Gasteiger partial charge in [-0.1, -0.05) is 76.0 Å². The summed E-state index contributed by atoms with van der Waals surface area (Å²) in [6, 6.07) is 22.7. The Labute approximate surface area is 279 Å². The van der Waals surface area contributed by atoms with Gasteiger partial charge in [0, 0.05) is 21.7 Å². The number of halogens is 3. The molecule has 1 aliphatic heterocycles. The second-order valence-corrected chi connectivity index (χ2v) is 13.5. The lowest BCUT2D eigenvalue weighted by atomic mass is 9.95. The van der Waals surface area contributed by atoms with Crippen molar-refractivity contribution in [3.05, 3.63) is 117 Å². The molecule has 0 amide bonds. The number of para-hydroxylation sites is 1. The van der Waals surface area contributed by atoms with Gasteiger partial charge in [0.25, 0.3) is 0 Å². The van der Waals surface area contributed by atoms with Crippen LogP contribution in [0.4, 0.5) is 0 Å². The minimum Gasteiger partial charge on any atom is -0.493 e. The summed E-state index contributed by atoms with van der Waals surface area (Å²) in [5, 5.41) is 15.9. The molecule has 11 nitrogen and oxygen atoms in total. The molecule has 6 rings (SSSR count). The molecule has 0 radical (unpaired) electrons. The molecule has 3 N–H and O–H groups in total. The monoisotopic (exact) mass is 700 g/mol. The number of aromatic nitrogens is 3. The van der Waals surface area contributed by atoms with Crippen LogP contribution in [0.3, 0.4) is 0 Å². The summed E-state index contributed by atoms with van der Waals surface area (Å²) in [4.78, 5) is 21.3. The average molecular weight is 702 g/mol. The second-order valence-electron chi connectivity index (χ2n) is 10.3. The summed E-state index contributed by atoms with van der Waals surface area (Å²) in [6.07, 6.45) is 0. The normalized spacial score (nSPS) is 19.8. The highest BCUT2D eigenvalue weighted by Gasteiger charge is 2.55. The molecule has 1 fully saturated rings. The van der Waals surface area contributed by atoms with Crippen molar-refractivity contribution in [2.45, 2.75) is 29.6 Å². The first-order chi connectivity index (χ1) is 22.1. The van der Waals surface area contributed by atoms with Crippen LogP contribution in [0, 0.1) is 0 Å². The Kier molecular flexibility index (Phi) is 8.96. The third kappa shape index (κ3) is 5.93. The van der Waals surface area contributed by atoms with Crippen LogP contribution in [-0.4, -0.2) is 43.2 Å². The van der Waals surface area contributed by atoms with Crippen LogP contribution in [0.5, 0.6) is 5.75 Å².